The van der Waals surface area contributed by atoms with Gasteiger partial charge in [0.25, 0.3) is 0 Å². The summed E-state index contributed by atoms with van der Waals surface area (Å²) in [4.78, 5) is 0. The molecule has 4 aromatic carbocycles. The van der Waals surface area contributed by atoms with Crippen molar-refractivity contribution in [3.8, 4) is 22.3 Å². The van der Waals surface area contributed by atoms with Crippen LogP contribution in [0.5, 0.6) is 0 Å². The van der Waals surface area contributed by atoms with Crippen molar-refractivity contribution in [3.05, 3.63) is 129 Å². The fourth-order valence-electron chi connectivity index (χ4n) is 9.06. The molecule has 0 saturated carbocycles. The molecule has 2 unspecified atom stereocenters. The first-order valence-corrected chi connectivity index (χ1v) is 32.6. The third-order valence-corrected chi connectivity index (χ3v) is 41.8. The molecule has 2 aliphatic carbocycles. The molecule has 0 aliphatic heterocycles. The van der Waals surface area contributed by atoms with Gasteiger partial charge in [-0.1, -0.05) is 0 Å². The molecule has 0 heterocycles. The zero-order valence-electron chi connectivity index (χ0n) is 33.0. The molecular formula is C48H61HfSi. The second-order valence-corrected chi connectivity index (χ2v) is 46.3. The molecule has 0 fully saturated rings. The van der Waals surface area contributed by atoms with Crippen molar-refractivity contribution in [1.29, 1.82) is 0 Å². The topological polar surface area (TPSA) is 0 Å². The average molecular weight is 845 g/mol. The minimum atomic E-state index is -2.52. The van der Waals surface area contributed by atoms with Gasteiger partial charge < -0.3 is 0 Å². The molecule has 0 aromatic heterocycles. The Hall–Kier alpha value is -2.55. The van der Waals surface area contributed by atoms with Gasteiger partial charge in [-0.15, -0.1) is 0 Å². The summed E-state index contributed by atoms with van der Waals surface area (Å²) in [5, 5.41) is 0. The Kier molecular flexibility index (Phi) is 10.8. The Labute approximate surface area is 313 Å². The molecule has 50 heavy (non-hydrogen) atoms. The number of hydrogen-bond donors (Lipinski definition) is 0. The number of rotatable bonds is 9. The predicted octanol–water partition coefficient (Wildman–Crippen LogP) is 13.9. The molecule has 0 spiro atoms. The Morgan fingerprint density at radius 2 is 0.880 bits per heavy atom. The maximum absolute atomic E-state index is 2.73. The second kappa shape index (κ2) is 14.5. The standard InChI is InChI=1S/2C23H27.C2H7Si.Hf/c2*1-16(2)13-17-14-18-9-8-11-19(21(18)15-17)20-10-6-7-12-22(20)23(3,4)5;1-3-2;/h2*6-12,14-16H,13H2,1-5H3;3H,1-2H3;. The van der Waals surface area contributed by atoms with E-state index in [9.17, 15) is 0 Å². The zero-order valence-corrected chi connectivity index (χ0v) is 37.8. The number of benzene rings is 4. The first-order valence-electron chi connectivity index (χ1n) is 19.3. The number of hydrogen-bond acceptors (Lipinski definition) is 0. The molecule has 0 N–H and O–H groups in total. The van der Waals surface area contributed by atoms with Crippen LogP contribution in [0.25, 0.3) is 34.4 Å². The Bertz CT molecular complexity index is 1790. The van der Waals surface area contributed by atoms with E-state index in [0.717, 1.165) is 0 Å². The molecule has 0 bridgehead atoms. The van der Waals surface area contributed by atoms with E-state index in [1.807, 2.05) is 0 Å². The molecule has 0 nitrogen and oxygen atoms in total. The van der Waals surface area contributed by atoms with Crippen molar-refractivity contribution >= 4 is 18.1 Å². The van der Waals surface area contributed by atoms with Gasteiger partial charge in [0.15, 0.2) is 0 Å². The van der Waals surface area contributed by atoms with Gasteiger partial charge in [-0.3, -0.25) is 0 Å². The summed E-state index contributed by atoms with van der Waals surface area (Å²) < 4.78 is 1.31. The summed E-state index contributed by atoms with van der Waals surface area (Å²) in [6.45, 7) is 29.4. The fraction of sp³-hybridized carbons (Fsp3) is 0.417. The normalized spacial score (nSPS) is 17.3. The Morgan fingerprint density at radius 1 is 0.520 bits per heavy atom. The number of allylic oxidation sites excluding steroid dienone is 2. The molecule has 0 radical (unpaired) electrons. The molecule has 0 saturated heterocycles. The molecule has 2 aliphatic rings. The van der Waals surface area contributed by atoms with Crippen LogP contribution < -0.4 is 0 Å². The summed E-state index contributed by atoms with van der Waals surface area (Å²) in [6, 6.07) is 33.1. The summed E-state index contributed by atoms with van der Waals surface area (Å²) in [5.74, 6) is 0.291. The molecule has 261 valence electrons. The predicted molar refractivity (Wildman–Crippen MR) is 220 cm³/mol. The van der Waals surface area contributed by atoms with Gasteiger partial charge >= 0.3 is 316 Å². The van der Waals surface area contributed by atoms with Crippen LogP contribution in [-0.2, 0) is 31.4 Å². The van der Waals surface area contributed by atoms with E-state index < -0.39 is 26.6 Å². The van der Waals surface area contributed by atoms with Crippen molar-refractivity contribution in [2.75, 3.05) is 0 Å². The van der Waals surface area contributed by atoms with E-state index in [1.54, 1.807) is 22.3 Å². The van der Waals surface area contributed by atoms with Gasteiger partial charge in [0.1, 0.15) is 0 Å². The van der Waals surface area contributed by atoms with E-state index in [1.165, 1.54) is 57.3 Å². The van der Waals surface area contributed by atoms with Crippen molar-refractivity contribution < 1.29 is 20.6 Å². The first kappa shape index (κ1) is 37.2. The first-order chi connectivity index (χ1) is 23.6. The van der Waals surface area contributed by atoms with E-state index >= 15 is 0 Å². The molecular weight excluding hydrogens is 783 g/mol. The van der Waals surface area contributed by atoms with E-state index in [0.29, 0.717) is 19.2 Å². The summed E-state index contributed by atoms with van der Waals surface area (Å²) >= 11 is -2.52. The van der Waals surface area contributed by atoms with Gasteiger partial charge in [-0.05, 0) is 0 Å². The third kappa shape index (κ3) is 7.23. The van der Waals surface area contributed by atoms with Crippen LogP contribution in [-0.4, -0.2) is 5.98 Å². The summed E-state index contributed by atoms with van der Waals surface area (Å²) in [6.07, 6.45) is 7.81. The van der Waals surface area contributed by atoms with Gasteiger partial charge in [0.2, 0.25) is 0 Å². The molecule has 6 rings (SSSR count). The van der Waals surface area contributed by atoms with Gasteiger partial charge in [-0.25, -0.2) is 0 Å². The van der Waals surface area contributed by atoms with E-state index in [-0.39, 0.29) is 10.8 Å². The fourth-order valence-corrected chi connectivity index (χ4v) is 41.3. The summed E-state index contributed by atoms with van der Waals surface area (Å²) in [5.41, 5.74) is 18.7. The van der Waals surface area contributed by atoms with Crippen LogP contribution >= 0.6 is 0 Å². The van der Waals surface area contributed by atoms with Crippen LogP contribution in [0.4, 0.5) is 0 Å². The van der Waals surface area contributed by atoms with Gasteiger partial charge in [-0.2, -0.15) is 0 Å². The SMILES string of the molecule is CC(C)CC1=Cc2c(-c3ccccc3C(C)(C)C)cccc2[CH]1[Hf]([CH]1C(CC(C)C)=Cc2c(-c3ccccc3C(C)(C)C)cccc21)[SiH](C)C. The molecule has 4 aromatic rings. The summed E-state index contributed by atoms with van der Waals surface area (Å²) in [7, 11) is 0. The van der Waals surface area contributed by atoms with Crippen molar-refractivity contribution in [1.82, 2.24) is 0 Å². The van der Waals surface area contributed by atoms with E-state index in [2.05, 4.69) is 179 Å². The van der Waals surface area contributed by atoms with Gasteiger partial charge in [0.05, 0.1) is 0 Å². The Balaban J connectivity index is 1.56. The minimum absolute atomic E-state index is 0.0853. The van der Waals surface area contributed by atoms with Crippen LogP contribution in [0, 0.1) is 11.8 Å². The second-order valence-electron chi connectivity index (χ2n) is 18.4. The zero-order chi connectivity index (χ0) is 36.1. The maximum atomic E-state index is 2.73. The van der Waals surface area contributed by atoms with Crippen LogP contribution in [0.1, 0.15) is 123 Å². The van der Waals surface area contributed by atoms with Gasteiger partial charge in [0, 0.05) is 0 Å². The van der Waals surface area contributed by atoms with E-state index in [4.69, 9.17) is 0 Å². The van der Waals surface area contributed by atoms with Crippen LogP contribution in [0.3, 0.4) is 0 Å². The van der Waals surface area contributed by atoms with Crippen LogP contribution in [0.15, 0.2) is 96.1 Å². The average Bonchev–Trinajstić information content (AvgIpc) is 3.57. The van der Waals surface area contributed by atoms with Crippen molar-refractivity contribution in [2.24, 2.45) is 11.8 Å². The quantitative estimate of drug-likeness (QED) is 0.147. The monoisotopic (exact) mass is 845 g/mol. The van der Waals surface area contributed by atoms with Crippen LogP contribution in [0.2, 0.25) is 13.1 Å². The molecule has 0 amide bonds. The van der Waals surface area contributed by atoms with Crippen molar-refractivity contribution in [2.45, 2.75) is 113 Å². The van der Waals surface area contributed by atoms with Crippen molar-refractivity contribution in [3.63, 3.8) is 0 Å². The molecule has 2 atom stereocenters. The molecule has 2 heteroatoms. The third-order valence-electron chi connectivity index (χ3n) is 11.0. The Morgan fingerprint density at radius 3 is 1.22 bits per heavy atom. The number of fused-ring (bicyclic) bond motifs is 2.